The van der Waals surface area contributed by atoms with Crippen molar-refractivity contribution in [1.29, 1.82) is 0 Å². The van der Waals surface area contributed by atoms with Crippen molar-refractivity contribution < 1.29 is 4.74 Å². The van der Waals surface area contributed by atoms with Crippen molar-refractivity contribution in [2.45, 2.75) is 20.1 Å². The van der Waals surface area contributed by atoms with Crippen LogP contribution in [-0.4, -0.2) is 14.8 Å². The molecule has 1 aromatic heterocycles. The number of ether oxygens (including phenoxy) is 1. The second kappa shape index (κ2) is 4.94. The minimum atomic E-state index is 0.422. The quantitative estimate of drug-likeness (QED) is 0.828. The van der Waals surface area contributed by atoms with Gasteiger partial charge in [-0.05, 0) is 31.3 Å². The molecule has 4 nitrogen and oxygen atoms in total. The maximum Gasteiger partial charge on any atom is 0.195 e. The Morgan fingerprint density at radius 1 is 1.38 bits per heavy atom. The fraction of sp³-hybridized carbons (Fsp3) is 0.273. The van der Waals surface area contributed by atoms with E-state index in [1.807, 2.05) is 41.8 Å². The van der Waals surface area contributed by atoms with Gasteiger partial charge in [-0.1, -0.05) is 18.2 Å². The zero-order valence-corrected chi connectivity index (χ0v) is 9.83. The summed E-state index contributed by atoms with van der Waals surface area (Å²) in [5, 5.41) is 6.88. The summed E-state index contributed by atoms with van der Waals surface area (Å²) in [7, 11) is 0. The molecule has 0 bridgehead atoms. The first-order valence-corrected chi connectivity index (χ1v) is 5.54. The van der Waals surface area contributed by atoms with E-state index in [0.717, 1.165) is 18.1 Å². The SMILES string of the molecule is CCn1c(COc2ccccc2)n[nH]c1=S. The van der Waals surface area contributed by atoms with Gasteiger partial charge in [-0.15, -0.1) is 0 Å². The van der Waals surface area contributed by atoms with Crippen LogP contribution in [0.2, 0.25) is 0 Å². The predicted octanol–water partition coefficient (Wildman–Crippen LogP) is 2.54. The Kier molecular flexibility index (Phi) is 3.36. The van der Waals surface area contributed by atoms with Gasteiger partial charge in [0, 0.05) is 6.54 Å². The number of nitrogens with one attached hydrogen (secondary N) is 1. The molecular weight excluding hydrogens is 222 g/mol. The number of hydrogen-bond acceptors (Lipinski definition) is 3. The van der Waals surface area contributed by atoms with Crippen LogP contribution in [0.1, 0.15) is 12.7 Å². The van der Waals surface area contributed by atoms with Crippen LogP contribution < -0.4 is 4.74 Å². The first kappa shape index (κ1) is 10.9. The van der Waals surface area contributed by atoms with Crippen LogP contribution in [0.4, 0.5) is 0 Å². The summed E-state index contributed by atoms with van der Waals surface area (Å²) in [6.07, 6.45) is 0. The molecule has 0 saturated heterocycles. The van der Waals surface area contributed by atoms with E-state index in [4.69, 9.17) is 17.0 Å². The van der Waals surface area contributed by atoms with Crippen molar-refractivity contribution in [2.24, 2.45) is 0 Å². The van der Waals surface area contributed by atoms with Gasteiger partial charge in [0.1, 0.15) is 12.4 Å². The molecule has 2 rings (SSSR count). The Bertz CT molecular complexity index is 503. The molecule has 0 atom stereocenters. The molecule has 0 aliphatic carbocycles. The predicted molar refractivity (Wildman–Crippen MR) is 63.9 cm³/mol. The van der Waals surface area contributed by atoms with E-state index in [2.05, 4.69) is 10.2 Å². The third-order valence-electron chi connectivity index (χ3n) is 2.26. The Morgan fingerprint density at radius 3 is 2.81 bits per heavy atom. The molecule has 0 unspecified atom stereocenters. The van der Waals surface area contributed by atoms with Gasteiger partial charge in [0.15, 0.2) is 10.6 Å². The summed E-state index contributed by atoms with van der Waals surface area (Å²) >= 11 is 5.09. The molecule has 5 heteroatoms. The summed E-state index contributed by atoms with van der Waals surface area (Å²) in [5.74, 6) is 1.65. The molecule has 0 radical (unpaired) electrons. The first-order valence-electron chi connectivity index (χ1n) is 5.13. The van der Waals surface area contributed by atoms with Crippen LogP contribution in [0.15, 0.2) is 30.3 Å². The summed E-state index contributed by atoms with van der Waals surface area (Å²) in [4.78, 5) is 0. The third-order valence-corrected chi connectivity index (χ3v) is 2.58. The lowest BCUT2D eigenvalue weighted by atomic mass is 10.3. The van der Waals surface area contributed by atoms with Crippen LogP contribution in [0, 0.1) is 4.77 Å². The molecule has 1 heterocycles. The van der Waals surface area contributed by atoms with Gasteiger partial charge in [0.05, 0.1) is 0 Å². The monoisotopic (exact) mass is 235 g/mol. The lowest BCUT2D eigenvalue weighted by Gasteiger charge is -2.06. The average Bonchev–Trinajstić information content (AvgIpc) is 2.68. The van der Waals surface area contributed by atoms with E-state index in [-0.39, 0.29) is 0 Å². The number of rotatable bonds is 4. The minimum Gasteiger partial charge on any atom is -0.486 e. The van der Waals surface area contributed by atoms with E-state index in [1.165, 1.54) is 0 Å². The molecule has 1 N–H and O–H groups in total. The fourth-order valence-corrected chi connectivity index (χ4v) is 1.73. The molecule has 0 spiro atoms. The van der Waals surface area contributed by atoms with Crippen molar-refractivity contribution in [1.82, 2.24) is 14.8 Å². The Morgan fingerprint density at radius 2 is 2.12 bits per heavy atom. The van der Waals surface area contributed by atoms with E-state index in [0.29, 0.717) is 11.4 Å². The van der Waals surface area contributed by atoms with Crippen LogP contribution in [-0.2, 0) is 13.2 Å². The number of aromatic amines is 1. The van der Waals surface area contributed by atoms with Gasteiger partial charge in [-0.2, -0.15) is 5.10 Å². The number of aromatic nitrogens is 3. The summed E-state index contributed by atoms with van der Waals surface area (Å²) in [5.41, 5.74) is 0. The van der Waals surface area contributed by atoms with Crippen LogP contribution in [0.5, 0.6) is 5.75 Å². The highest BCUT2D eigenvalue weighted by Crippen LogP contribution is 2.10. The Labute approximate surface area is 98.9 Å². The van der Waals surface area contributed by atoms with Crippen molar-refractivity contribution >= 4 is 12.2 Å². The van der Waals surface area contributed by atoms with Crippen LogP contribution >= 0.6 is 12.2 Å². The van der Waals surface area contributed by atoms with Gasteiger partial charge in [0.25, 0.3) is 0 Å². The first-order chi connectivity index (χ1) is 7.81. The normalized spacial score (nSPS) is 10.3. The fourth-order valence-electron chi connectivity index (χ4n) is 1.45. The topological polar surface area (TPSA) is 42.8 Å². The van der Waals surface area contributed by atoms with E-state index >= 15 is 0 Å². The molecule has 0 amide bonds. The highest BCUT2D eigenvalue weighted by Gasteiger charge is 2.04. The third kappa shape index (κ3) is 2.30. The average molecular weight is 235 g/mol. The highest BCUT2D eigenvalue weighted by atomic mass is 32.1. The number of hydrogen-bond donors (Lipinski definition) is 1. The number of nitrogens with zero attached hydrogens (tertiary/aromatic N) is 2. The van der Waals surface area contributed by atoms with Crippen molar-refractivity contribution in [2.75, 3.05) is 0 Å². The zero-order chi connectivity index (χ0) is 11.4. The van der Waals surface area contributed by atoms with Crippen LogP contribution in [0.3, 0.4) is 0 Å². The molecule has 2 aromatic rings. The van der Waals surface area contributed by atoms with Crippen molar-refractivity contribution in [3.8, 4) is 5.75 Å². The number of H-pyrrole nitrogens is 1. The maximum absolute atomic E-state index is 5.60. The highest BCUT2D eigenvalue weighted by molar-refractivity contribution is 7.71. The number of benzene rings is 1. The van der Waals surface area contributed by atoms with Gasteiger partial charge in [-0.25, -0.2) is 0 Å². The molecule has 0 saturated carbocycles. The van der Waals surface area contributed by atoms with Gasteiger partial charge >= 0.3 is 0 Å². The molecule has 16 heavy (non-hydrogen) atoms. The zero-order valence-electron chi connectivity index (χ0n) is 9.01. The Hall–Kier alpha value is -1.62. The standard InChI is InChI=1S/C11H13N3OS/c1-2-14-10(12-13-11(14)16)8-15-9-6-4-3-5-7-9/h3-7H,2,8H2,1H3,(H,13,16). The lowest BCUT2D eigenvalue weighted by molar-refractivity contribution is 0.289. The summed E-state index contributed by atoms with van der Waals surface area (Å²) in [6, 6.07) is 9.66. The molecular formula is C11H13N3OS. The molecule has 0 fully saturated rings. The largest absolute Gasteiger partial charge is 0.486 e. The second-order valence-corrected chi connectivity index (χ2v) is 3.68. The lowest BCUT2D eigenvalue weighted by Crippen LogP contribution is -2.06. The molecule has 84 valence electrons. The van der Waals surface area contributed by atoms with Crippen molar-refractivity contribution in [3.63, 3.8) is 0 Å². The maximum atomic E-state index is 5.60. The minimum absolute atomic E-state index is 0.422. The van der Waals surface area contributed by atoms with E-state index < -0.39 is 0 Å². The Balaban J connectivity index is 2.08. The van der Waals surface area contributed by atoms with Crippen LogP contribution in [0.25, 0.3) is 0 Å². The van der Waals surface area contributed by atoms with E-state index in [9.17, 15) is 0 Å². The molecule has 1 aromatic carbocycles. The summed E-state index contributed by atoms with van der Waals surface area (Å²) in [6.45, 7) is 3.24. The number of para-hydroxylation sites is 1. The van der Waals surface area contributed by atoms with Gasteiger partial charge in [0.2, 0.25) is 0 Å². The van der Waals surface area contributed by atoms with Crippen molar-refractivity contribution in [3.05, 3.63) is 40.9 Å². The second-order valence-electron chi connectivity index (χ2n) is 3.29. The van der Waals surface area contributed by atoms with Gasteiger partial charge in [-0.3, -0.25) is 5.10 Å². The summed E-state index contributed by atoms with van der Waals surface area (Å²) < 4.78 is 8.15. The van der Waals surface area contributed by atoms with Gasteiger partial charge < -0.3 is 9.30 Å². The molecule has 0 aliphatic rings. The van der Waals surface area contributed by atoms with E-state index in [1.54, 1.807) is 0 Å². The molecule has 0 aliphatic heterocycles. The smallest absolute Gasteiger partial charge is 0.195 e.